The van der Waals surface area contributed by atoms with Gasteiger partial charge in [0.05, 0.1) is 5.02 Å². The normalized spacial score (nSPS) is 10.5. The fourth-order valence-corrected chi connectivity index (χ4v) is 2.21. The lowest BCUT2D eigenvalue weighted by atomic mass is 9.98. The van der Waals surface area contributed by atoms with Gasteiger partial charge in [-0.05, 0) is 36.6 Å². The van der Waals surface area contributed by atoms with Gasteiger partial charge in [-0.15, -0.1) is 0 Å². The number of benzene rings is 1. The number of hydrogen-bond acceptors (Lipinski definition) is 2. The molecule has 0 aliphatic carbocycles. The van der Waals surface area contributed by atoms with E-state index < -0.39 is 0 Å². The standard InChI is InChI=1S/C16H16ClNO/c1-11-3-4-12(2)14(7-11)9-15(19)8-13-5-6-18-10-16(13)17/h3-7,10H,8-9H2,1-2H3. The summed E-state index contributed by atoms with van der Waals surface area (Å²) in [5.74, 6) is 0.168. The first kappa shape index (κ1) is 13.8. The molecular weight excluding hydrogens is 258 g/mol. The molecule has 0 atom stereocenters. The zero-order valence-corrected chi connectivity index (χ0v) is 11.9. The van der Waals surface area contributed by atoms with E-state index in [9.17, 15) is 4.79 Å². The molecule has 0 fully saturated rings. The zero-order chi connectivity index (χ0) is 13.8. The Kier molecular flexibility index (Phi) is 4.33. The Hall–Kier alpha value is -1.67. The summed E-state index contributed by atoms with van der Waals surface area (Å²) in [5, 5.41) is 0.553. The van der Waals surface area contributed by atoms with Crippen LogP contribution >= 0.6 is 11.6 Å². The molecule has 1 heterocycles. The number of ketones is 1. The van der Waals surface area contributed by atoms with Gasteiger partial charge in [0.1, 0.15) is 5.78 Å². The largest absolute Gasteiger partial charge is 0.299 e. The van der Waals surface area contributed by atoms with Crippen LogP contribution in [0.15, 0.2) is 36.7 Å². The molecule has 1 aromatic heterocycles. The Bertz CT molecular complexity index is 607. The average molecular weight is 274 g/mol. The third-order valence-corrected chi connectivity index (χ3v) is 3.48. The second-order valence-electron chi connectivity index (χ2n) is 4.79. The number of rotatable bonds is 4. The van der Waals surface area contributed by atoms with Crippen molar-refractivity contribution in [3.05, 3.63) is 63.9 Å². The lowest BCUT2D eigenvalue weighted by Crippen LogP contribution is -2.08. The number of hydrogen-bond donors (Lipinski definition) is 0. The predicted octanol–water partition coefficient (Wildman–Crippen LogP) is 3.71. The summed E-state index contributed by atoms with van der Waals surface area (Å²) < 4.78 is 0. The van der Waals surface area contributed by atoms with Gasteiger partial charge in [0.15, 0.2) is 0 Å². The van der Waals surface area contributed by atoms with Gasteiger partial charge in [-0.25, -0.2) is 0 Å². The number of pyridine rings is 1. The molecule has 0 radical (unpaired) electrons. The highest BCUT2D eigenvalue weighted by Gasteiger charge is 2.09. The van der Waals surface area contributed by atoms with E-state index in [1.165, 1.54) is 5.56 Å². The Balaban J connectivity index is 2.10. The molecule has 2 aromatic rings. The van der Waals surface area contributed by atoms with Crippen molar-refractivity contribution in [2.45, 2.75) is 26.7 Å². The van der Waals surface area contributed by atoms with Crippen molar-refractivity contribution >= 4 is 17.4 Å². The molecule has 1 aromatic carbocycles. The molecule has 0 aliphatic heterocycles. The highest BCUT2D eigenvalue weighted by molar-refractivity contribution is 6.31. The molecule has 0 saturated heterocycles. The van der Waals surface area contributed by atoms with E-state index in [1.54, 1.807) is 18.5 Å². The Labute approximate surface area is 118 Å². The molecule has 0 bridgehead atoms. The molecule has 0 amide bonds. The molecule has 98 valence electrons. The molecule has 2 rings (SSSR count). The van der Waals surface area contributed by atoms with Gasteiger partial charge in [-0.1, -0.05) is 35.4 Å². The van der Waals surface area contributed by atoms with Crippen LogP contribution in [0.25, 0.3) is 0 Å². The average Bonchev–Trinajstić information content (AvgIpc) is 2.37. The number of Topliss-reactive ketones (excluding diaryl/α,β-unsaturated/α-hetero) is 1. The molecule has 19 heavy (non-hydrogen) atoms. The zero-order valence-electron chi connectivity index (χ0n) is 11.1. The van der Waals surface area contributed by atoms with Crippen LogP contribution in [0.1, 0.15) is 22.3 Å². The van der Waals surface area contributed by atoms with Gasteiger partial charge in [0, 0.05) is 25.2 Å². The van der Waals surface area contributed by atoms with Crippen LogP contribution < -0.4 is 0 Å². The van der Waals surface area contributed by atoms with Crippen LogP contribution in [0.4, 0.5) is 0 Å². The van der Waals surface area contributed by atoms with Gasteiger partial charge in [0.25, 0.3) is 0 Å². The third kappa shape index (κ3) is 3.65. The smallest absolute Gasteiger partial charge is 0.141 e. The van der Waals surface area contributed by atoms with Gasteiger partial charge in [-0.2, -0.15) is 0 Å². The molecule has 0 aliphatic rings. The second kappa shape index (κ2) is 5.98. The Morgan fingerprint density at radius 3 is 2.63 bits per heavy atom. The van der Waals surface area contributed by atoms with Crippen molar-refractivity contribution in [2.75, 3.05) is 0 Å². The van der Waals surface area contributed by atoms with Crippen molar-refractivity contribution in [1.82, 2.24) is 4.98 Å². The highest BCUT2D eigenvalue weighted by atomic mass is 35.5. The summed E-state index contributed by atoms with van der Waals surface area (Å²) >= 11 is 6.01. The van der Waals surface area contributed by atoms with E-state index >= 15 is 0 Å². The minimum atomic E-state index is 0.168. The minimum absolute atomic E-state index is 0.168. The van der Waals surface area contributed by atoms with Crippen molar-refractivity contribution in [3.8, 4) is 0 Å². The quantitative estimate of drug-likeness (QED) is 0.850. The summed E-state index contributed by atoms with van der Waals surface area (Å²) in [6.45, 7) is 4.06. The third-order valence-electron chi connectivity index (χ3n) is 3.14. The second-order valence-corrected chi connectivity index (χ2v) is 5.20. The van der Waals surface area contributed by atoms with Gasteiger partial charge < -0.3 is 0 Å². The van der Waals surface area contributed by atoms with E-state index in [1.807, 2.05) is 13.8 Å². The van der Waals surface area contributed by atoms with Crippen LogP contribution in [0.3, 0.4) is 0 Å². The maximum absolute atomic E-state index is 12.1. The minimum Gasteiger partial charge on any atom is -0.299 e. The van der Waals surface area contributed by atoms with Gasteiger partial charge in [-0.3, -0.25) is 9.78 Å². The van der Waals surface area contributed by atoms with Crippen molar-refractivity contribution in [2.24, 2.45) is 0 Å². The first-order chi connectivity index (χ1) is 9.06. The lowest BCUT2D eigenvalue weighted by molar-refractivity contribution is -0.117. The number of aryl methyl sites for hydroxylation is 2. The van der Waals surface area contributed by atoms with Crippen molar-refractivity contribution < 1.29 is 4.79 Å². The van der Waals surface area contributed by atoms with Crippen LogP contribution in [0.5, 0.6) is 0 Å². The lowest BCUT2D eigenvalue weighted by Gasteiger charge is -2.07. The van der Waals surface area contributed by atoms with Crippen LogP contribution in [0, 0.1) is 13.8 Å². The molecule has 2 nitrogen and oxygen atoms in total. The van der Waals surface area contributed by atoms with E-state index in [2.05, 4.69) is 23.2 Å². The van der Waals surface area contributed by atoms with Crippen molar-refractivity contribution in [3.63, 3.8) is 0 Å². The predicted molar refractivity (Wildman–Crippen MR) is 77.6 cm³/mol. The number of halogens is 1. The van der Waals surface area contributed by atoms with E-state index in [-0.39, 0.29) is 5.78 Å². The molecule has 3 heteroatoms. The number of nitrogens with zero attached hydrogens (tertiary/aromatic N) is 1. The van der Waals surface area contributed by atoms with E-state index in [0.29, 0.717) is 17.9 Å². The van der Waals surface area contributed by atoms with Crippen LogP contribution in [0.2, 0.25) is 5.02 Å². The molecule has 0 saturated carbocycles. The molecule has 0 unspecified atom stereocenters. The topological polar surface area (TPSA) is 30.0 Å². The summed E-state index contributed by atoms with van der Waals surface area (Å²) in [7, 11) is 0. The maximum Gasteiger partial charge on any atom is 0.141 e. The van der Waals surface area contributed by atoms with E-state index in [4.69, 9.17) is 11.6 Å². The first-order valence-corrected chi connectivity index (χ1v) is 6.60. The molecule has 0 spiro atoms. The van der Waals surface area contributed by atoms with E-state index in [0.717, 1.165) is 16.7 Å². The number of aromatic nitrogens is 1. The monoisotopic (exact) mass is 273 g/mol. The fourth-order valence-electron chi connectivity index (χ4n) is 2.03. The summed E-state index contributed by atoms with van der Waals surface area (Å²) in [6.07, 6.45) is 4.04. The Morgan fingerprint density at radius 1 is 1.16 bits per heavy atom. The summed E-state index contributed by atoms with van der Waals surface area (Å²) in [4.78, 5) is 16.0. The highest BCUT2D eigenvalue weighted by Crippen LogP contribution is 2.16. The van der Waals surface area contributed by atoms with Crippen LogP contribution in [-0.2, 0) is 17.6 Å². The Morgan fingerprint density at radius 2 is 1.89 bits per heavy atom. The fraction of sp³-hybridized carbons (Fsp3) is 0.250. The van der Waals surface area contributed by atoms with Crippen molar-refractivity contribution in [1.29, 1.82) is 0 Å². The van der Waals surface area contributed by atoms with Gasteiger partial charge >= 0.3 is 0 Å². The summed E-state index contributed by atoms with van der Waals surface area (Å²) in [6, 6.07) is 7.98. The molecule has 0 N–H and O–H groups in total. The number of carbonyl (C=O) groups is 1. The number of carbonyl (C=O) groups excluding carboxylic acids is 1. The first-order valence-electron chi connectivity index (χ1n) is 6.22. The molecular formula is C16H16ClNO. The van der Waals surface area contributed by atoms with Crippen LogP contribution in [-0.4, -0.2) is 10.8 Å². The SMILES string of the molecule is Cc1ccc(C)c(CC(=O)Cc2ccncc2Cl)c1. The maximum atomic E-state index is 12.1. The van der Waals surface area contributed by atoms with Gasteiger partial charge in [0.2, 0.25) is 0 Å². The summed E-state index contributed by atoms with van der Waals surface area (Å²) in [5.41, 5.74) is 4.26.